The van der Waals surface area contributed by atoms with Gasteiger partial charge in [0.25, 0.3) is 0 Å². The molecule has 0 aromatic rings. The molecule has 29 heavy (non-hydrogen) atoms. The summed E-state index contributed by atoms with van der Waals surface area (Å²) in [6.45, 7) is 17.3. The number of ether oxygens (including phenoxy) is 2. The predicted molar refractivity (Wildman–Crippen MR) is 108 cm³/mol. The maximum absolute atomic E-state index is 10.4. The van der Waals surface area contributed by atoms with E-state index in [2.05, 4.69) is 9.47 Å². The fourth-order valence-electron chi connectivity index (χ4n) is 0.831. The number of carbonyl (C=O) groups excluding carboxylic acids is 4. The molecule has 0 unspecified atom stereocenters. The van der Waals surface area contributed by atoms with E-state index in [0.29, 0.717) is 13.2 Å². The predicted octanol–water partition coefficient (Wildman–Crippen LogP) is 2.61. The van der Waals surface area contributed by atoms with E-state index in [-0.39, 0.29) is 50.6 Å². The molecule has 0 aliphatic carbocycles. The molecule has 8 nitrogen and oxygen atoms in total. The molecule has 0 amide bonds. The minimum absolute atomic E-state index is 0. The molecular weight excluding hydrogens is 459 g/mol. The van der Waals surface area contributed by atoms with Gasteiger partial charge in [0.15, 0.2) is 0 Å². The first-order chi connectivity index (χ1) is 12.3. The van der Waals surface area contributed by atoms with Crippen LogP contribution in [-0.2, 0) is 54.9 Å². The van der Waals surface area contributed by atoms with Crippen LogP contribution >= 0.6 is 0 Å². The van der Waals surface area contributed by atoms with E-state index in [4.69, 9.17) is 10.2 Å². The fourth-order valence-corrected chi connectivity index (χ4v) is 0.831. The van der Waals surface area contributed by atoms with Gasteiger partial charge in [-0.05, 0) is 69.2 Å². The van der Waals surface area contributed by atoms with Gasteiger partial charge in [-0.3, -0.25) is 19.2 Å². The number of Topliss-reactive ketones (excluding diaryl/α,β-unsaturated/α-hetero) is 2. The quantitative estimate of drug-likeness (QED) is 0.422. The van der Waals surface area contributed by atoms with E-state index < -0.39 is 23.1 Å². The maximum atomic E-state index is 10.4. The van der Waals surface area contributed by atoms with E-state index in [1.807, 2.05) is 0 Å². The molecule has 0 saturated carbocycles. The minimum Gasteiger partial charge on any atom is -0.466 e. The Bertz CT molecular complexity index is 394. The average Bonchev–Trinajstić information content (AvgIpc) is 2.33. The maximum Gasteiger partial charge on any atom is 0.313 e. The van der Waals surface area contributed by atoms with Gasteiger partial charge in [-0.1, -0.05) is 0 Å². The summed E-state index contributed by atoms with van der Waals surface area (Å²) in [5.74, 6) is -1.20. The molecule has 0 saturated heterocycles. The van der Waals surface area contributed by atoms with Gasteiger partial charge in [-0.25, -0.2) is 0 Å². The Morgan fingerprint density at radius 2 is 0.828 bits per heavy atom. The number of carbonyl (C=O) groups is 4. The van der Waals surface area contributed by atoms with Gasteiger partial charge in [-0.15, -0.1) is 0 Å². The number of hydrogen-bond donors (Lipinski definition) is 2. The normalized spacial score (nSPS) is 9.52. The summed E-state index contributed by atoms with van der Waals surface area (Å²) in [5.41, 5.74) is -1.00. The minimum atomic E-state index is -0.500. The van der Waals surface area contributed by atoms with Crippen LogP contribution in [0.4, 0.5) is 0 Å². The Labute approximate surface area is 194 Å². The van der Waals surface area contributed by atoms with Gasteiger partial charge in [0, 0.05) is 26.2 Å². The first kappa shape index (κ1) is 38.7. The summed E-state index contributed by atoms with van der Waals surface area (Å²) in [7, 11) is 0. The largest absolute Gasteiger partial charge is 0.466 e. The van der Waals surface area contributed by atoms with Gasteiger partial charge in [0.2, 0.25) is 0 Å². The van der Waals surface area contributed by atoms with Crippen molar-refractivity contribution >= 4 is 23.5 Å². The molecular formula is C20H40O8Zr. The molecule has 0 aromatic heterocycles. The van der Waals surface area contributed by atoms with E-state index in [1.165, 1.54) is 13.8 Å². The van der Waals surface area contributed by atoms with Gasteiger partial charge in [0.05, 0.1) is 24.4 Å². The van der Waals surface area contributed by atoms with Gasteiger partial charge < -0.3 is 19.7 Å². The molecule has 0 aromatic carbocycles. The summed E-state index contributed by atoms with van der Waals surface area (Å²) in [6.07, 6.45) is -0.207. The summed E-state index contributed by atoms with van der Waals surface area (Å²) >= 11 is 0. The zero-order valence-corrected chi connectivity index (χ0v) is 22.1. The van der Waals surface area contributed by atoms with E-state index >= 15 is 0 Å². The Morgan fingerprint density at radius 3 is 0.931 bits per heavy atom. The SMILES string of the molecule is CC(C)(C)O.CC(C)(C)O.CCOC(=O)CC(C)=O.CCOC(=O)CC(C)=O.[Zr]. The van der Waals surface area contributed by atoms with Crippen LogP contribution in [0.15, 0.2) is 0 Å². The number of aliphatic hydroxyl groups is 2. The van der Waals surface area contributed by atoms with Crippen molar-refractivity contribution in [3.8, 4) is 0 Å². The Morgan fingerprint density at radius 1 is 0.655 bits per heavy atom. The van der Waals surface area contributed by atoms with Crippen LogP contribution in [0, 0.1) is 0 Å². The first-order valence-electron chi connectivity index (χ1n) is 9.08. The second-order valence-corrected chi connectivity index (χ2v) is 7.71. The smallest absolute Gasteiger partial charge is 0.313 e. The average molecular weight is 500 g/mol. The molecule has 0 spiro atoms. The number of ketones is 2. The van der Waals surface area contributed by atoms with Crippen LogP contribution in [0.5, 0.6) is 0 Å². The zero-order valence-electron chi connectivity index (χ0n) is 19.7. The summed E-state index contributed by atoms with van der Waals surface area (Å²) in [6, 6.07) is 0. The third-order valence-corrected chi connectivity index (χ3v) is 1.40. The van der Waals surface area contributed by atoms with Crippen molar-refractivity contribution in [1.29, 1.82) is 0 Å². The third kappa shape index (κ3) is 99.5. The molecule has 2 N–H and O–H groups in total. The van der Waals surface area contributed by atoms with Crippen LogP contribution < -0.4 is 0 Å². The molecule has 0 rings (SSSR count). The molecule has 172 valence electrons. The second-order valence-electron chi connectivity index (χ2n) is 7.71. The molecule has 0 atom stereocenters. The van der Waals surface area contributed by atoms with Crippen molar-refractivity contribution in [2.24, 2.45) is 0 Å². The molecule has 0 aliphatic heterocycles. The van der Waals surface area contributed by atoms with Crippen LogP contribution in [0.25, 0.3) is 0 Å². The molecule has 0 fully saturated rings. The monoisotopic (exact) mass is 498 g/mol. The van der Waals surface area contributed by atoms with Crippen molar-refractivity contribution in [3.05, 3.63) is 0 Å². The number of esters is 2. The topological polar surface area (TPSA) is 127 Å². The van der Waals surface area contributed by atoms with Crippen molar-refractivity contribution < 1.29 is 65.1 Å². The van der Waals surface area contributed by atoms with E-state index in [9.17, 15) is 19.2 Å². The van der Waals surface area contributed by atoms with Crippen LogP contribution in [0.2, 0.25) is 0 Å². The zero-order chi connectivity index (χ0) is 23.6. The molecule has 0 aliphatic rings. The van der Waals surface area contributed by atoms with Gasteiger partial charge in [0.1, 0.15) is 24.4 Å². The van der Waals surface area contributed by atoms with Crippen molar-refractivity contribution in [1.82, 2.24) is 0 Å². The Hall–Kier alpha value is -0.917. The van der Waals surface area contributed by atoms with Crippen LogP contribution in [-0.4, -0.2) is 58.1 Å². The summed E-state index contributed by atoms with van der Waals surface area (Å²) in [5, 5.41) is 17.0. The van der Waals surface area contributed by atoms with Crippen molar-refractivity contribution in [3.63, 3.8) is 0 Å². The first-order valence-corrected chi connectivity index (χ1v) is 9.08. The Balaban J connectivity index is -0.0000000907. The number of rotatable bonds is 6. The van der Waals surface area contributed by atoms with E-state index in [1.54, 1.807) is 55.4 Å². The molecule has 9 heteroatoms. The van der Waals surface area contributed by atoms with Crippen LogP contribution in [0.1, 0.15) is 82.1 Å². The summed E-state index contributed by atoms with van der Waals surface area (Å²) in [4.78, 5) is 41.3. The van der Waals surface area contributed by atoms with Gasteiger partial charge in [-0.2, -0.15) is 0 Å². The molecule has 0 heterocycles. The molecule has 0 bridgehead atoms. The van der Waals surface area contributed by atoms with Crippen molar-refractivity contribution in [2.45, 2.75) is 93.3 Å². The summed E-state index contributed by atoms with van der Waals surface area (Å²) < 4.78 is 8.99. The fraction of sp³-hybridized carbons (Fsp3) is 0.800. The third-order valence-electron chi connectivity index (χ3n) is 1.40. The van der Waals surface area contributed by atoms with Gasteiger partial charge >= 0.3 is 11.9 Å². The van der Waals surface area contributed by atoms with Crippen molar-refractivity contribution in [2.75, 3.05) is 13.2 Å². The number of hydrogen-bond acceptors (Lipinski definition) is 8. The van der Waals surface area contributed by atoms with E-state index in [0.717, 1.165) is 0 Å². The Kier molecular flexibility index (Phi) is 29.0. The second kappa shape index (κ2) is 21.8. The standard InChI is InChI=1S/2C6H10O3.2C4H10O.Zr/c2*1-3-9-6(8)4-5(2)7;2*1-4(2,3)5;/h2*3-4H2,1-2H3;2*5H,1-3H3;. The van der Waals surface area contributed by atoms with Crippen LogP contribution in [0.3, 0.4) is 0 Å². The molecule has 0 radical (unpaired) electrons.